The first-order chi connectivity index (χ1) is 19.6. The number of ether oxygens (including phenoxy) is 2. The molecule has 2 atom stereocenters. The number of hydrogen-bond acceptors (Lipinski definition) is 6. The molecule has 4 rings (SSSR count). The van der Waals surface area contributed by atoms with Crippen LogP contribution in [-0.4, -0.2) is 85.9 Å². The van der Waals surface area contributed by atoms with Crippen LogP contribution in [0.15, 0.2) is 42.5 Å². The van der Waals surface area contributed by atoms with Crippen molar-refractivity contribution in [2.75, 3.05) is 57.6 Å². The van der Waals surface area contributed by atoms with Gasteiger partial charge >= 0.3 is 12.1 Å². The molecule has 0 bridgehead atoms. The zero-order chi connectivity index (χ0) is 29.6. The van der Waals surface area contributed by atoms with Gasteiger partial charge in [-0.3, -0.25) is 4.90 Å². The van der Waals surface area contributed by atoms with Crippen molar-refractivity contribution in [3.05, 3.63) is 53.7 Å². The monoisotopic (exact) mass is 576 g/mol. The molecule has 0 aliphatic carbocycles. The molecule has 220 valence electrons. The smallest absolute Gasteiger partial charge is 0.406 e. The van der Waals surface area contributed by atoms with Crippen LogP contribution in [0.5, 0.6) is 5.75 Å². The molecule has 1 aliphatic rings. The van der Waals surface area contributed by atoms with Crippen LogP contribution in [0.3, 0.4) is 0 Å². The summed E-state index contributed by atoms with van der Waals surface area (Å²) in [6.07, 6.45) is -5.10. The summed E-state index contributed by atoms with van der Waals surface area (Å²) >= 11 is 0. The van der Waals surface area contributed by atoms with Crippen LogP contribution in [-0.2, 0) is 11.3 Å². The van der Waals surface area contributed by atoms with Crippen molar-refractivity contribution in [2.45, 2.75) is 31.4 Å². The number of likely N-dealkylation sites (tertiary alicyclic amines) is 1. The zero-order valence-corrected chi connectivity index (χ0v) is 22.7. The van der Waals surface area contributed by atoms with Gasteiger partial charge in [-0.05, 0) is 48.7 Å². The number of nitrogens with one attached hydrogen (secondary N) is 2. The van der Waals surface area contributed by atoms with Gasteiger partial charge < -0.3 is 29.8 Å². The van der Waals surface area contributed by atoms with Crippen molar-refractivity contribution >= 4 is 28.2 Å². The topological polar surface area (TPSA) is 88.0 Å². The van der Waals surface area contributed by atoms with Gasteiger partial charge in [0, 0.05) is 37.8 Å². The number of alkyl halides is 4. The van der Waals surface area contributed by atoms with Crippen molar-refractivity contribution < 1.29 is 36.9 Å². The van der Waals surface area contributed by atoms with Gasteiger partial charge in [0.25, 0.3) is 0 Å². The molecular weight excluding hydrogens is 544 g/mol. The van der Waals surface area contributed by atoms with Crippen molar-refractivity contribution in [1.82, 2.24) is 9.47 Å². The summed E-state index contributed by atoms with van der Waals surface area (Å²) < 4.78 is 67.1. The van der Waals surface area contributed by atoms with E-state index in [0.29, 0.717) is 54.1 Å². The van der Waals surface area contributed by atoms with Crippen molar-refractivity contribution in [2.24, 2.45) is 0 Å². The molecule has 2 heterocycles. The fourth-order valence-corrected chi connectivity index (χ4v) is 4.86. The SMILES string of the molecule is COCCN1CC[C@@H](Nc2cccc3c2cc(C#CCNc2ccc(C(=O)O)cc2OC)n3CC(F)(F)F)[C@@H](F)C1. The van der Waals surface area contributed by atoms with E-state index in [1.165, 1.54) is 25.3 Å². The molecule has 0 unspecified atom stereocenters. The Labute approximate surface area is 235 Å². The second-order valence-corrected chi connectivity index (χ2v) is 9.69. The van der Waals surface area contributed by atoms with E-state index in [2.05, 4.69) is 22.5 Å². The average molecular weight is 577 g/mol. The predicted octanol–water partition coefficient (Wildman–Crippen LogP) is 4.84. The van der Waals surface area contributed by atoms with Gasteiger partial charge in [-0.25, -0.2) is 9.18 Å². The summed E-state index contributed by atoms with van der Waals surface area (Å²) in [6.45, 7) is 0.912. The lowest BCUT2D eigenvalue weighted by atomic mass is 10.0. The number of halogens is 4. The fourth-order valence-electron chi connectivity index (χ4n) is 4.86. The first-order valence-corrected chi connectivity index (χ1v) is 13.0. The van der Waals surface area contributed by atoms with E-state index in [-0.39, 0.29) is 24.3 Å². The van der Waals surface area contributed by atoms with Crippen LogP contribution in [0, 0.1) is 11.8 Å². The number of benzene rings is 2. The van der Waals surface area contributed by atoms with E-state index in [1.807, 2.05) is 4.90 Å². The standard InChI is InChI=1S/C29H32F4N4O4/c1-40-14-13-36-12-10-24(22(30)17-36)35-23-6-3-7-26-21(23)16-20(37(26)18-29(31,32)33)5-4-11-34-25-9-8-19(28(38)39)15-27(25)41-2/h3,6-9,15-16,22,24,34-35H,10-14,17-18H2,1-2H3,(H,38,39)/t22-,24+/m0/s1. The summed E-state index contributed by atoms with van der Waals surface area (Å²) in [4.78, 5) is 13.2. The number of aromatic carboxylic acids is 1. The Morgan fingerprint density at radius 3 is 2.66 bits per heavy atom. The minimum absolute atomic E-state index is 0.0512. The van der Waals surface area contributed by atoms with Gasteiger partial charge in [0.05, 0.1) is 48.8 Å². The summed E-state index contributed by atoms with van der Waals surface area (Å²) in [5.41, 5.74) is 1.58. The highest BCUT2D eigenvalue weighted by Crippen LogP contribution is 2.32. The van der Waals surface area contributed by atoms with Gasteiger partial charge in [0.1, 0.15) is 18.5 Å². The third-order valence-electron chi connectivity index (χ3n) is 6.89. The summed E-state index contributed by atoms with van der Waals surface area (Å²) in [6, 6.07) is 10.4. The maximum absolute atomic E-state index is 15.0. The van der Waals surface area contributed by atoms with Crippen LogP contribution in [0.25, 0.3) is 10.9 Å². The van der Waals surface area contributed by atoms with Gasteiger partial charge in [-0.2, -0.15) is 13.2 Å². The number of carbonyl (C=O) groups is 1. The number of methoxy groups -OCH3 is 2. The lowest BCUT2D eigenvalue weighted by Gasteiger charge is -2.35. The van der Waals surface area contributed by atoms with Crippen molar-refractivity contribution in [3.8, 4) is 17.6 Å². The first kappa shape index (κ1) is 30.0. The molecular formula is C29H32F4N4O4. The molecule has 3 N–H and O–H groups in total. The maximum atomic E-state index is 15.0. The molecule has 1 aromatic heterocycles. The molecule has 41 heavy (non-hydrogen) atoms. The van der Waals surface area contributed by atoms with Crippen LogP contribution in [0.1, 0.15) is 22.5 Å². The Bertz CT molecular complexity index is 1430. The quantitative estimate of drug-likeness (QED) is 0.235. The number of fused-ring (bicyclic) bond motifs is 1. The van der Waals surface area contributed by atoms with Crippen LogP contribution in [0.4, 0.5) is 28.9 Å². The Hall–Kier alpha value is -3.95. The second kappa shape index (κ2) is 13.1. The highest BCUT2D eigenvalue weighted by atomic mass is 19.4. The van der Waals surface area contributed by atoms with Gasteiger partial charge in [0.15, 0.2) is 0 Å². The molecule has 3 aromatic rings. The number of hydrogen-bond donors (Lipinski definition) is 3. The molecule has 0 radical (unpaired) electrons. The highest BCUT2D eigenvalue weighted by molar-refractivity contribution is 5.94. The van der Waals surface area contributed by atoms with Crippen LogP contribution in [0.2, 0.25) is 0 Å². The first-order valence-electron chi connectivity index (χ1n) is 13.0. The zero-order valence-electron chi connectivity index (χ0n) is 22.7. The molecule has 8 nitrogen and oxygen atoms in total. The lowest BCUT2D eigenvalue weighted by Crippen LogP contribution is -2.48. The van der Waals surface area contributed by atoms with Crippen LogP contribution >= 0.6 is 0 Å². The molecule has 0 saturated carbocycles. The molecule has 2 aromatic carbocycles. The van der Waals surface area contributed by atoms with E-state index in [0.717, 1.165) is 4.57 Å². The summed E-state index contributed by atoms with van der Waals surface area (Å²) in [7, 11) is 3.00. The maximum Gasteiger partial charge on any atom is 0.406 e. The molecule has 1 saturated heterocycles. The number of piperidine rings is 1. The Kier molecular flexibility index (Phi) is 9.62. The molecule has 1 fully saturated rings. The largest absolute Gasteiger partial charge is 0.495 e. The minimum Gasteiger partial charge on any atom is -0.495 e. The van der Waals surface area contributed by atoms with Gasteiger partial charge in [-0.1, -0.05) is 12.0 Å². The van der Waals surface area contributed by atoms with E-state index < -0.39 is 30.9 Å². The molecule has 0 spiro atoms. The third kappa shape index (κ3) is 7.62. The number of carboxylic acids is 1. The lowest BCUT2D eigenvalue weighted by molar-refractivity contribution is -0.140. The van der Waals surface area contributed by atoms with E-state index in [4.69, 9.17) is 14.6 Å². The van der Waals surface area contributed by atoms with Crippen molar-refractivity contribution in [3.63, 3.8) is 0 Å². The van der Waals surface area contributed by atoms with E-state index >= 15 is 4.39 Å². The number of nitrogens with zero attached hydrogens (tertiary/aromatic N) is 2. The Morgan fingerprint density at radius 1 is 1.17 bits per heavy atom. The predicted molar refractivity (Wildman–Crippen MR) is 149 cm³/mol. The summed E-state index contributed by atoms with van der Waals surface area (Å²) in [5, 5.41) is 15.9. The molecule has 1 aliphatic heterocycles. The van der Waals surface area contributed by atoms with E-state index in [1.54, 1.807) is 31.4 Å². The van der Waals surface area contributed by atoms with Gasteiger partial charge in [0.2, 0.25) is 0 Å². The molecule has 0 amide bonds. The fraction of sp³-hybridized carbons (Fsp3) is 0.414. The average Bonchev–Trinajstić information content (AvgIpc) is 3.27. The molecule has 12 heteroatoms. The normalized spacial score (nSPS) is 17.6. The van der Waals surface area contributed by atoms with Crippen molar-refractivity contribution in [1.29, 1.82) is 0 Å². The van der Waals surface area contributed by atoms with Gasteiger partial charge in [-0.15, -0.1) is 0 Å². The second-order valence-electron chi connectivity index (χ2n) is 9.69. The number of aromatic nitrogens is 1. The highest BCUT2D eigenvalue weighted by Gasteiger charge is 2.31. The van der Waals surface area contributed by atoms with Crippen LogP contribution < -0.4 is 15.4 Å². The number of carboxylic acid groups (broad SMARTS) is 1. The third-order valence-corrected chi connectivity index (χ3v) is 6.89. The van der Waals surface area contributed by atoms with E-state index in [9.17, 15) is 18.0 Å². The number of rotatable bonds is 10. The Morgan fingerprint density at radius 2 is 1.98 bits per heavy atom. The number of anilines is 2. The minimum atomic E-state index is -4.48. The Balaban J connectivity index is 1.56. The summed E-state index contributed by atoms with van der Waals surface area (Å²) in [5.74, 6) is 4.86.